The summed E-state index contributed by atoms with van der Waals surface area (Å²) in [5.41, 5.74) is 0. The zero-order valence-electron chi connectivity index (χ0n) is 33.9. The molecule has 1 saturated heterocycles. The van der Waals surface area contributed by atoms with E-state index in [1.807, 2.05) is 0 Å². The van der Waals surface area contributed by atoms with Crippen LogP contribution in [0.5, 0.6) is 0 Å². The van der Waals surface area contributed by atoms with Crippen molar-refractivity contribution in [2.45, 2.75) is 166 Å². The monoisotopic (exact) mass is 812 g/mol. The van der Waals surface area contributed by atoms with E-state index in [0.717, 1.165) is 103 Å². The van der Waals surface area contributed by atoms with Crippen LogP contribution < -0.4 is 0 Å². The molecule has 6 unspecified atom stereocenters. The van der Waals surface area contributed by atoms with E-state index in [0.29, 0.717) is 13.0 Å². The Balaban J connectivity index is 2.51. The molecule has 0 radical (unpaired) electrons. The first-order valence-electron chi connectivity index (χ1n) is 20.7. The fourth-order valence-corrected chi connectivity index (χ4v) is 6.27. The third-order valence-corrected chi connectivity index (χ3v) is 9.29. The maximum absolute atomic E-state index is 12.8. The normalized spacial score (nSPS) is 21.6. The van der Waals surface area contributed by atoms with E-state index in [4.69, 9.17) is 23.5 Å². The van der Waals surface area contributed by atoms with Crippen LogP contribution in [-0.2, 0) is 38.3 Å². The molecule has 12 nitrogen and oxygen atoms in total. The van der Waals surface area contributed by atoms with Crippen LogP contribution in [0.1, 0.15) is 129 Å². The van der Waals surface area contributed by atoms with Gasteiger partial charge in [-0.3, -0.25) is 9.35 Å². The van der Waals surface area contributed by atoms with E-state index in [-0.39, 0.29) is 19.6 Å². The van der Waals surface area contributed by atoms with Crippen molar-refractivity contribution < 1.29 is 56.2 Å². The van der Waals surface area contributed by atoms with Crippen molar-refractivity contribution in [2.75, 3.05) is 26.4 Å². The minimum absolute atomic E-state index is 0.00919. The molecule has 0 aromatic heterocycles. The SMILES string of the molecule is CC/C=C\C/C=C\C/C=C\CCCCCCCC(=O)OC(COCCCCCC/C=C\C/C=C\C/C=C\CC)COC1OC(CO)C(O)C(OS(=O)(=O)O)C1O. The Hall–Kier alpha value is -2.46. The first-order valence-corrected chi connectivity index (χ1v) is 22.1. The third-order valence-electron chi connectivity index (χ3n) is 8.82. The summed E-state index contributed by atoms with van der Waals surface area (Å²) in [6.07, 6.45) is 33.7. The van der Waals surface area contributed by atoms with Gasteiger partial charge in [0.15, 0.2) is 6.29 Å². The molecule has 6 atom stereocenters. The number of aliphatic hydroxyl groups excluding tert-OH is 3. The summed E-state index contributed by atoms with van der Waals surface area (Å²) in [5.74, 6) is -0.429. The van der Waals surface area contributed by atoms with Crippen LogP contribution in [0, 0.1) is 0 Å². The van der Waals surface area contributed by atoms with Gasteiger partial charge in [-0.15, -0.1) is 0 Å². The van der Waals surface area contributed by atoms with Gasteiger partial charge in [-0.25, -0.2) is 4.18 Å². The molecule has 0 spiro atoms. The van der Waals surface area contributed by atoms with Gasteiger partial charge in [0.1, 0.15) is 30.5 Å². The van der Waals surface area contributed by atoms with Gasteiger partial charge < -0.3 is 34.3 Å². The van der Waals surface area contributed by atoms with Crippen molar-refractivity contribution in [2.24, 2.45) is 0 Å². The van der Waals surface area contributed by atoms with Gasteiger partial charge in [-0.2, -0.15) is 8.42 Å². The Morgan fingerprint density at radius 2 is 1.18 bits per heavy atom. The van der Waals surface area contributed by atoms with Gasteiger partial charge >= 0.3 is 16.4 Å². The highest BCUT2D eigenvalue weighted by Gasteiger charge is 2.48. The largest absolute Gasteiger partial charge is 0.457 e. The quantitative estimate of drug-likeness (QED) is 0.0214. The number of hydrogen-bond acceptors (Lipinski definition) is 11. The molecule has 0 aromatic rings. The van der Waals surface area contributed by atoms with Crippen LogP contribution in [0.2, 0.25) is 0 Å². The summed E-state index contributed by atoms with van der Waals surface area (Å²) in [5, 5.41) is 30.6. The number of ether oxygens (including phenoxy) is 4. The van der Waals surface area contributed by atoms with Crippen LogP contribution in [-0.4, -0.2) is 97.5 Å². The zero-order valence-corrected chi connectivity index (χ0v) is 34.7. The van der Waals surface area contributed by atoms with Gasteiger partial charge in [0.05, 0.1) is 19.8 Å². The maximum atomic E-state index is 12.8. The van der Waals surface area contributed by atoms with Crippen molar-refractivity contribution in [1.82, 2.24) is 0 Å². The number of unbranched alkanes of at least 4 members (excludes halogenated alkanes) is 9. The van der Waals surface area contributed by atoms with Crippen LogP contribution in [0.15, 0.2) is 72.9 Å². The molecule has 56 heavy (non-hydrogen) atoms. The lowest BCUT2D eigenvalue weighted by Gasteiger charge is -2.41. The van der Waals surface area contributed by atoms with Crippen LogP contribution in [0.3, 0.4) is 0 Å². The Kier molecular flexibility index (Phi) is 31.8. The van der Waals surface area contributed by atoms with Crippen LogP contribution in [0.4, 0.5) is 0 Å². The molecule has 0 bridgehead atoms. The second-order valence-corrected chi connectivity index (χ2v) is 14.9. The predicted molar refractivity (Wildman–Crippen MR) is 220 cm³/mol. The second-order valence-electron chi connectivity index (χ2n) is 13.8. The molecule has 1 heterocycles. The number of allylic oxidation sites excluding steroid dienone is 12. The van der Waals surface area contributed by atoms with Crippen molar-refractivity contribution in [3.63, 3.8) is 0 Å². The average molecular weight is 813 g/mol. The Morgan fingerprint density at radius 3 is 1.71 bits per heavy atom. The molecule has 1 rings (SSSR count). The lowest BCUT2D eigenvalue weighted by Crippen LogP contribution is -2.60. The minimum Gasteiger partial charge on any atom is -0.457 e. The zero-order chi connectivity index (χ0) is 41.1. The highest BCUT2D eigenvalue weighted by atomic mass is 32.3. The first kappa shape index (κ1) is 51.6. The van der Waals surface area contributed by atoms with E-state index in [9.17, 15) is 28.5 Å². The summed E-state index contributed by atoms with van der Waals surface area (Å²) < 4.78 is 58.9. The van der Waals surface area contributed by atoms with Crippen LogP contribution in [0.25, 0.3) is 0 Å². The average Bonchev–Trinajstić information content (AvgIpc) is 3.17. The topological polar surface area (TPSA) is 178 Å². The number of hydrogen-bond donors (Lipinski definition) is 4. The summed E-state index contributed by atoms with van der Waals surface area (Å²) in [7, 11) is -5.07. The Labute approximate surface area is 337 Å². The third kappa shape index (κ3) is 28.0. The molecule has 0 aromatic carbocycles. The van der Waals surface area contributed by atoms with Crippen molar-refractivity contribution in [3.8, 4) is 0 Å². The molecule has 13 heteroatoms. The van der Waals surface area contributed by atoms with Crippen LogP contribution >= 0.6 is 0 Å². The van der Waals surface area contributed by atoms with E-state index in [1.165, 1.54) is 0 Å². The number of aliphatic hydroxyl groups is 3. The molecule has 1 fully saturated rings. The lowest BCUT2D eigenvalue weighted by atomic mass is 9.99. The number of carbonyl (C=O) groups is 1. The standard InChI is InChI=1S/C43H72O12S/c1-3-5-7-9-11-13-15-17-19-20-22-24-26-28-30-32-39(45)53-37(35-51-33-31-29-27-25-23-21-18-16-14-12-10-8-6-4-2)36-52-43-41(47)42(55-56(48,49)50)40(46)38(34-44)54-43/h5-8,11-14,17-19,21,37-38,40-44,46-47H,3-4,9-10,15-16,20,22-36H2,1-2H3,(H,48,49,50)/b7-5-,8-6-,13-11-,14-12-,19-17-,21-18-. The molecule has 0 amide bonds. The smallest absolute Gasteiger partial charge is 0.397 e. The molecule has 322 valence electrons. The maximum Gasteiger partial charge on any atom is 0.397 e. The van der Waals surface area contributed by atoms with Gasteiger partial charge in [0, 0.05) is 13.0 Å². The second kappa shape index (κ2) is 34.6. The Bertz CT molecular complexity index is 1260. The number of carbonyl (C=O) groups excluding carboxylic acids is 1. The predicted octanol–water partition coefficient (Wildman–Crippen LogP) is 7.96. The summed E-state index contributed by atoms with van der Waals surface area (Å²) in [6.45, 7) is 3.65. The molecule has 1 aliphatic rings. The minimum atomic E-state index is -5.07. The lowest BCUT2D eigenvalue weighted by molar-refractivity contribution is -0.301. The first-order chi connectivity index (χ1) is 27.1. The molecule has 0 saturated carbocycles. The number of esters is 1. The molecule has 1 aliphatic heterocycles. The van der Waals surface area contributed by atoms with E-state index < -0.39 is 59.8 Å². The van der Waals surface area contributed by atoms with Crippen molar-refractivity contribution in [3.05, 3.63) is 72.9 Å². The molecule has 4 N–H and O–H groups in total. The Morgan fingerprint density at radius 1 is 0.679 bits per heavy atom. The van der Waals surface area contributed by atoms with E-state index >= 15 is 0 Å². The van der Waals surface area contributed by atoms with Crippen molar-refractivity contribution >= 4 is 16.4 Å². The van der Waals surface area contributed by atoms with Gasteiger partial charge in [-0.1, -0.05) is 119 Å². The number of rotatable bonds is 34. The summed E-state index contributed by atoms with van der Waals surface area (Å²) in [4.78, 5) is 12.8. The van der Waals surface area contributed by atoms with E-state index in [1.54, 1.807) is 0 Å². The fourth-order valence-electron chi connectivity index (χ4n) is 5.76. The summed E-state index contributed by atoms with van der Waals surface area (Å²) in [6, 6.07) is 0. The molecule has 0 aliphatic carbocycles. The highest BCUT2D eigenvalue weighted by Crippen LogP contribution is 2.26. The fraction of sp³-hybridized carbons (Fsp3) is 0.698. The van der Waals surface area contributed by atoms with Gasteiger partial charge in [-0.05, 0) is 77.0 Å². The highest BCUT2D eigenvalue weighted by molar-refractivity contribution is 7.80. The summed E-state index contributed by atoms with van der Waals surface area (Å²) >= 11 is 0. The van der Waals surface area contributed by atoms with Crippen molar-refractivity contribution in [1.29, 1.82) is 0 Å². The molecular formula is C43H72O12S. The molecular weight excluding hydrogens is 741 g/mol. The van der Waals surface area contributed by atoms with E-state index in [2.05, 4.69) is 90.9 Å². The van der Waals surface area contributed by atoms with Gasteiger partial charge in [0.25, 0.3) is 0 Å². The van der Waals surface area contributed by atoms with Gasteiger partial charge in [0.2, 0.25) is 0 Å².